The first-order valence-electron chi connectivity index (χ1n) is 10.1. The highest BCUT2D eigenvalue weighted by Gasteiger charge is 2.27. The van der Waals surface area contributed by atoms with Gasteiger partial charge in [-0.2, -0.15) is 5.26 Å². The second-order valence-electron chi connectivity index (χ2n) is 8.98. The summed E-state index contributed by atoms with van der Waals surface area (Å²) in [5.74, 6) is -0.922. The number of nitrogens with one attached hydrogen (secondary N) is 4. The second kappa shape index (κ2) is 11.6. The lowest BCUT2D eigenvalue weighted by atomic mass is 9.92. The highest BCUT2D eigenvalue weighted by molar-refractivity contribution is 5.87. The first kappa shape index (κ1) is 23.9. The molecular weight excluding hydrogens is 358 g/mol. The molecule has 0 saturated carbocycles. The second-order valence-corrected chi connectivity index (χ2v) is 8.98. The number of carbonyl (C=O) groups excluding carboxylic acids is 3. The minimum absolute atomic E-state index is 0.0636. The first-order chi connectivity index (χ1) is 13.1. The summed E-state index contributed by atoms with van der Waals surface area (Å²) in [5.41, 5.74) is 0.500. The Labute approximate surface area is 168 Å². The minimum Gasteiger partial charge on any atom is -0.356 e. The number of carbonyl (C=O) groups is 3. The summed E-state index contributed by atoms with van der Waals surface area (Å²) in [7, 11) is 0. The van der Waals surface area contributed by atoms with Crippen molar-refractivity contribution in [3.05, 3.63) is 0 Å². The Morgan fingerprint density at radius 3 is 2.39 bits per heavy atom. The molecule has 2 aliphatic rings. The Kier molecular flexibility index (Phi) is 9.94. The van der Waals surface area contributed by atoms with Gasteiger partial charge in [0.2, 0.25) is 17.7 Å². The average molecular weight is 394 g/mol. The van der Waals surface area contributed by atoms with Gasteiger partial charge >= 0.3 is 0 Å². The maximum absolute atomic E-state index is 11.9. The Hall–Kier alpha value is -2.14. The van der Waals surface area contributed by atoms with Crippen LogP contribution in [0.15, 0.2) is 0 Å². The number of hydrogen-bond donors (Lipinski definition) is 4. The van der Waals surface area contributed by atoms with Gasteiger partial charge in [0.15, 0.2) is 0 Å². The van der Waals surface area contributed by atoms with Crippen LogP contribution in [0.25, 0.3) is 0 Å². The van der Waals surface area contributed by atoms with Gasteiger partial charge in [-0.05, 0) is 44.1 Å². The largest absolute Gasteiger partial charge is 0.356 e. The van der Waals surface area contributed by atoms with Crippen molar-refractivity contribution in [2.45, 2.75) is 71.9 Å². The maximum atomic E-state index is 11.9. The molecule has 8 heteroatoms. The van der Waals surface area contributed by atoms with Gasteiger partial charge in [0.1, 0.15) is 6.04 Å². The van der Waals surface area contributed by atoms with Gasteiger partial charge in [0.25, 0.3) is 0 Å². The van der Waals surface area contributed by atoms with E-state index in [1.165, 1.54) is 0 Å². The summed E-state index contributed by atoms with van der Waals surface area (Å²) in [6.07, 6.45) is 3.62. The number of nitriles is 1. The van der Waals surface area contributed by atoms with E-state index in [0.717, 1.165) is 32.2 Å². The molecule has 2 rings (SSSR count). The first-order valence-corrected chi connectivity index (χ1v) is 10.1. The highest BCUT2D eigenvalue weighted by Crippen LogP contribution is 2.17. The van der Waals surface area contributed by atoms with Crippen molar-refractivity contribution in [2.75, 3.05) is 19.6 Å². The molecule has 0 radical (unpaired) electrons. The zero-order valence-electron chi connectivity index (χ0n) is 17.6. The van der Waals surface area contributed by atoms with Gasteiger partial charge in [-0.3, -0.25) is 14.4 Å². The van der Waals surface area contributed by atoms with Crippen LogP contribution in [0.2, 0.25) is 0 Å². The molecule has 8 nitrogen and oxygen atoms in total. The summed E-state index contributed by atoms with van der Waals surface area (Å²) in [4.78, 5) is 35.3. The molecule has 158 valence electrons. The number of rotatable bonds is 6. The van der Waals surface area contributed by atoms with Crippen LogP contribution in [0.5, 0.6) is 0 Å². The molecule has 3 amide bonds. The van der Waals surface area contributed by atoms with E-state index in [2.05, 4.69) is 49.0 Å². The Balaban J connectivity index is 0.000000696. The van der Waals surface area contributed by atoms with E-state index >= 15 is 0 Å². The van der Waals surface area contributed by atoms with Crippen molar-refractivity contribution in [1.29, 1.82) is 5.26 Å². The predicted molar refractivity (Wildman–Crippen MR) is 107 cm³/mol. The molecule has 0 bridgehead atoms. The van der Waals surface area contributed by atoms with Crippen LogP contribution < -0.4 is 21.3 Å². The molecule has 4 N–H and O–H groups in total. The number of hydrogen-bond acceptors (Lipinski definition) is 5. The molecule has 28 heavy (non-hydrogen) atoms. The Morgan fingerprint density at radius 1 is 1.21 bits per heavy atom. The van der Waals surface area contributed by atoms with Crippen molar-refractivity contribution < 1.29 is 14.4 Å². The van der Waals surface area contributed by atoms with Crippen molar-refractivity contribution in [2.24, 2.45) is 11.3 Å². The van der Waals surface area contributed by atoms with Crippen LogP contribution in [0.1, 0.15) is 59.8 Å². The van der Waals surface area contributed by atoms with Crippen LogP contribution in [0.3, 0.4) is 0 Å². The predicted octanol–water partition coefficient (Wildman–Crippen LogP) is 0.832. The molecule has 2 unspecified atom stereocenters. The van der Waals surface area contributed by atoms with Crippen LogP contribution in [0, 0.1) is 22.7 Å². The van der Waals surface area contributed by atoms with E-state index in [-0.39, 0.29) is 30.3 Å². The van der Waals surface area contributed by atoms with Gasteiger partial charge in [-0.25, -0.2) is 0 Å². The fourth-order valence-corrected chi connectivity index (χ4v) is 2.93. The van der Waals surface area contributed by atoms with E-state index in [4.69, 9.17) is 5.26 Å². The summed E-state index contributed by atoms with van der Waals surface area (Å²) in [5, 5.41) is 20.1. The third kappa shape index (κ3) is 10.3. The number of nitrogens with zero attached hydrogens (tertiary/aromatic N) is 1. The van der Waals surface area contributed by atoms with Crippen molar-refractivity contribution in [1.82, 2.24) is 21.3 Å². The van der Waals surface area contributed by atoms with Gasteiger partial charge in [0.05, 0.1) is 18.7 Å². The average Bonchev–Trinajstić information content (AvgIpc) is 3.14. The highest BCUT2D eigenvalue weighted by atomic mass is 16.2. The standard InChI is InChI=1S/C15H23N5O3.C5H12/c16-8-11(7-10-3-1-6-18-14(10)22)20-13(21)9-19-15(23)12-4-2-5-17-12;1-5(2,3)4/h10-12,17H,1-7,9H2,(H,18,22)(H,19,23)(H,20,21);1-4H3/t10-,11?,12?;/m0./s1. The quantitative estimate of drug-likeness (QED) is 0.532. The molecule has 2 aliphatic heterocycles. The maximum Gasteiger partial charge on any atom is 0.240 e. The van der Waals surface area contributed by atoms with Gasteiger partial charge in [-0.15, -0.1) is 0 Å². The lowest BCUT2D eigenvalue weighted by Crippen LogP contribution is -2.47. The van der Waals surface area contributed by atoms with Crippen LogP contribution >= 0.6 is 0 Å². The molecule has 2 heterocycles. The fraction of sp³-hybridized carbons (Fsp3) is 0.800. The monoisotopic (exact) mass is 393 g/mol. The van der Waals surface area contributed by atoms with Crippen molar-refractivity contribution >= 4 is 17.7 Å². The molecule has 2 fully saturated rings. The lowest BCUT2D eigenvalue weighted by molar-refractivity contribution is -0.128. The molecule has 2 saturated heterocycles. The molecule has 0 aliphatic carbocycles. The normalized spacial score (nSPS) is 22.8. The summed E-state index contributed by atoms with van der Waals surface area (Å²) in [6.45, 7) is 10.1. The zero-order valence-corrected chi connectivity index (χ0v) is 17.6. The van der Waals surface area contributed by atoms with E-state index in [1.807, 2.05) is 6.07 Å². The third-order valence-electron chi connectivity index (χ3n) is 4.21. The van der Waals surface area contributed by atoms with E-state index < -0.39 is 11.9 Å². The summed E-state index contributed by atoms with van der Waals surface area (Å²) < 4.78 is 0. The van der Waals surface area contributed by atoms with Gasteiger partial charge in [0, 0.05) is 12.5 Å². The van der Waals surface area contributed by atoms with E-state index in [9.17, 15) is 14.4 Å². The number of amides is 3. The summed E-state index contributed by atoms with van der Waals surface area (Å²) >= 11 is 0. The van der Waals surface area contributed by atoms with Gasteiger partial charge < -0.3 is 21.3 Å². The zero-order chi connectivity index (χ0) is 21.2. The Morgan fingerprint density at radius 2 is 1.86 bits per heavy atom. The molecule has 0 aromatic carbocycles. The third-order valence-corrected chi connectivity index (χ3v) is 4.21. The SMILES string of the molecule is CC(C)(C)C.N#CC(C[C@@H]1CCCNC1=O)NC(=O)CNC(=O)C1CCCN1. The summed E-state index contributed by atoms with van der Waals surface area (Å²) in [6, 6.07) is 1.05. The van der Waals surface area contributed by atoms with Gasteiger partial charge in [-0.1, -0.05) is 27.7 Å². The molecule has 0 aromatic heterocycles. The van der Waals surface area contributed by atoms with Crippen LogP contribution in [-0.4, -0.2) is 49.4 Å². The smallest absolute Gasteiger partial charge is 0.240 e. The topological polar surface area (TPSA) is 123 Å². The number of piperidine rings is 1. The molecule has 0 aromatic rings. The molecule has 0 spiro atoms. The van der Waals surface area contributed by atoms with E-state index in [1.54, 1.807) is 0 Å². The van der Waals surface area contributed by atoms with Crippen molar-refractivity contribution in [3.8, 4) is 6.07 Å². The fourth-order valence-electron chi connectivity index (χ4n) is 2.93. The minimum atomic E-state index is -0.724. The Bertz CT molecular complexity index is 567. The molecule has 3 atom stereocenters. The van der Waals surface area contributed by atoms with Crippen LogP contribution in [-0.2, 0) is 14.4 Å². The van der Waals surface area contributed by atoms with E-state index in [0.29, 0.717) is 18.4 Å². The lowest BCUT2D eigenvalue weighted by Gasteiger charge is -2.23. The van der Waals surface area contributed by atoms with Crippen LogP contribution in [0.4, 0.5) is 0 Å². The molecular formula is C20H35N5O3. The van der Waals surface area contributed by atoms with Crippen molar-refractivity contribution in [3.63, 3.8) is 0 Å².